The minimum absolute atomic E-state index is 0.371. The van der Waals surface area contributed by atoms with Crippen molar-refractivity contribution in [1.29, 1.82) is 0 Å². The van der Waals surface area contributed by atoms with Crippen molar-refractivity contribution < 1.29 is 14.3 Å². The number of benzene rings is 1. The van der Waals surface area contributed by atoms with E-state index in [1.54, 1.807) is 10.7 Å². The number of carbonyl (C=O) groups excluding carboxylic acids is 1. The second-order valence-corrected chi connectivity index (χ2v) is 5.21. The predicted molar refractivity (Wildman–Crippen MR) is 79.2 cm³/mol. The molecule has 112 valence electrons. The Bertz CT molecular complexity index is 591. The Labute approximate surface area is 124 Å². The normalized spacial score (nSPS) is 10.7. The quantitative estimate of drug-likeness (QED) is 0.767. The Morgan fingerprint density at radius 3 is 2.62 bits per heavy atom. The van der Waals surface area contributed by atoms with E-state index < -0.39 is 5.97 Å². The van der Waals surface area contributed by atoms with Crippen molar-refractivity contribution in [3.63, 3.8) is 0 Å². The highest BCUT2D eigenvalue weighted by Crippen LogP contribution is 2.16. The molecule has 0 N–H and O–H groups in total. The summed E-state index contributed by atoms with van der Waals surface area (Å²) in [4.78, 5) is 11.8. The first-order valence-electron chi connectivity index (χ1n) is 6.93. The van der Waals surface area contributed by atoms with E-state index in [2.05, 4.69) is 18.9 Å². The molecule has 1 aromatic heterocycles. The number of hydrogen-bond acceptors (Lipinski definition) is 4. The molecule has 0 aliphatic carbocycles. The minimum Gasteiger partial charge on any atom is -0.472 e. The van der Waals surface area contributed by atoms with Gasteiger partial charge in [0.2, 0.25) is 5.88 Å². The van der Waals surface area contributed by atoms with Crippen molar-refractivity contribution in [2.75, 3.05) is 7.11 Å². The van der Waals surface area contributed by atoms with Crippen LogP contribution in [0.4, 0.5) is 0 Å². The zero-order valence-corrected chi connectivity index (χ0v) is 12.6. The summed E-state index contributed by atoms with van der Waals surface area (Å²) in [6, 6.07) is 11.4. The van der Waals surface area contributed by atoms with Crippen LogP contribution in [0.5, 0.6) is 5.88 Å². The third kappa shape index (κ3) is 4.08. The van der Waals surface area contributed by atoms with Gasteiger partial charge in [0.15, 0.2) is 0 Å². The third-order valence-electron chi connectivity index (χ3n) is 2.92. The standard InChI is InChI=1S/C16H20N2O3/c1-12(2)10-18-14(16(19)20-3)9-15(17-18)21-11-13-7-5-4-6-8-13/h4-9,12H,10-11H2,1-3H3. The van der Waals surface area contributed by atoms with Gasteiger partial charge < -0.3 is 9.47 Å². The first-order chi connectivity index (χ1) is 10.1. The van der Waals surface area contributed by atoms with Crippen LogP contribution >= 0.6 is 0 Å². The van der Waals surface area contributed by atoms with Crippen molar-refractivity contribution in [3.05, 3.63) is 47.7 Å². The number of rotatable bonds is 6. The van der Waals surface area contributed by atoms with Crippen LogP contribution in [0.2, 0.25) is 0 Å². The van der Waals surface area contributed by atoms with E-state index in [1.165, 1.54) is 7.11 Å². The zero-order chi connectivity index (χ0) is 15.2. The molecule has 0 saturated heterocycles. The van der Waals surface area contributed by atoms with Crippen LogP contribution in [0, 0.1) is 5.92 Å². The molecule has 21 heavy (non-hydrogen) atoms. The number of esters is 1. The molecule has 0 spiro atoms. The predicted octanol–water partition coefficient (Wildman–Crippen LogP) is 2.90. The largest absolute Gasteiger partial charge is 0.472 e. The summed E-state index contributed by atoms with van der Waals surface area (Å²) in [5.41, 5.74) is 1.46. The first kappa shape index (κ1) is 15.1. The first-order valence-corrected chi connectivity index (χ1v) is 6.93. The molecule has 5 nitrogen and oxygen atoms in total. The molecule has 0 fully saturated rings. The maximum atomic E-state index is 11.8. The molecule has 1 heterocycles. The minimum atomic E-state index is -0.405. The van der Waals surface area contributed by atoms with Gasteiger partial charge in [-0.25, -0.2) is 4.79 Å². The molecule has 0 atom stereocenters. The van der Waals surface area contributed by atoms with Crippen molar-refractivity contribution >= 4 is 5.97 Å². The zero-order valence-electron chi connectivity index (χ0n) is 12.6. The molecule has 1 aromatic carbocycles. The summed E-state index contributed by atoms with van der Waals surface area (Å²) in [7, 11) is 1.36. The summed E-state index contributed by atoms with van der Waals surface area (Å²) in [6.45, 7) is 5.18. The van der Waals surface area contributed by atoms with Crippen LogP contribution in [0.15, 0.2) is 36.4 Å². The van der Waals surface area contributed by atoms with Crippen LogP contribution < -0.4 is 4.74 Å². The molecule has 0 saturated carbocycles. The Hall–Kier alpha value is -2.30. The van der Waals surface area contributed by atoms with Crippen molar-refractivity contribution in [2.24, 2.45) is 5.92 Å². The fraction of sp³-hybridized carbons (Fsp3) is 0.375. The van der Waals surface area contributed by atoms with Crippen molar-refractivity contribution in [2.45, 2.75) is 27.0 Å². The van der Waals surface area contributed by atoms with E-state index in [4.69, 9.17) is 9.47 Å². The molecule has 0 unspecified atom stereocenters. The van der Waals surface area contributed by atoms with Gasteiger partial charge >= 0.3 is 5.97 Å². The average Bonchev–Trinajstić information content (AvgIpc) is 2.87. The SMILES string of the molecule is COC(=O)c1cc(OCc2ccccc2)nn1CC(C)C. The summed E-state index contributed by atoms with van der Waals surface area (Å²) in [5, 5.41) is 4.33. The lowest BCUT2D eigenvalue weighted by Gasteiger charge is -2.07. The second kappa shape index (κ2) is 6.92. The molecule has 0 bridgehead atoms. The van der Waals surface area contributed by atoms with Gasteiger partial charge in [0.1, 0.15) is 12.3 Å². The maximum Gasteiger partial charge on any atom is 0.356 e. The van der Waals surface area contributed by atoms with Crippen LogP contribution in [-0.4, -0.2) is 22.9 Å². The van der Waals surface area contributed by atoms with E-state index in [0.29, 0.717) is 30.6 Å². The van der Waals surface area contributed by atoms with Crippen LogP contribution in [-0.2, 0) is 17.9 Å². The summed E-state index contributed by atoms with van der Waals surface area (Å²) < 4.78 is 12.1. The van der Waals surface area contributed by atoms with Crippen LogP contribution in [0.1, 0.15) is 29.9 Å². The van der Waals surface area contributed by atoms with Crippen LogP contribution in [0.25, 0.3) is 0 Å². The number of carbonyl (C=O) groups is 1. The highest BCUT2D eigenvalue weighted by Gasteiger charge is 2.17. The van der Waals surface area contributed by atoms with Crippen LogP contribution in [0.3, 0.4) is 0 Å². The molecular formula is C16H20N2O3. The van der Waals surface area contributed by atoms with Crippen molar-refractivity contribution in [1.82, 2.24) is 9.78 Å². The second-order valence-electron chi connectivity index (χ2n) is 5.21. The summed E-state index contributed by atoms with van der Waals surface area (Å²) in [5.74, 6) is 0.396. The lowest BCUT2D eigenvalue weighted by Crippen LogP contribution is -2.14. The molecule has 0 aliphatic heterocycles. The van der Waals surface area contributed by atoms with Gasteiger partial charge in [-0.1, -0.05) is 44.2 Å². The van der Waals surface area contributed by atoms with Gasteiger partial charge in [-0.2, -0.15) is 0 Å². The summed E-state index contributed by atoms with van der Waals surface area (Å²) in [6.07, 6.45) is 0. The number of nitrogens with zero attached hydrogens (tertiary/aromatic N) is 2. The summed E-state index contributed by atoms with van der Waals surface area (Å²) >= 11 is 0. The van der Waals surface area contributed by atoms with E-state index in [-0.39, 0.29) is 0 Å². The monoisotopic (exact) mass is 288 g/mol. The van der Waals surface area contributed by atoms with Gasteiger partial charge in [-0.3, -0.25) is 4.68 Å². The van der Waals surface area contributed by atoms with Gasteiger partial charge in [0.25, 0.3) is 0 Å². The lowest BCUT2D eigenvalue weighted by atomic mass is 10.2. The average molecular weight is 288 g/mol. The van der Waals surface area contributed by atoms with Crippen molar-refractivity contribution in [3.8, 4) is 5.88 Å². The van der Waals surface area contributed by atoms with Gasteiger partial charge in [-0.15, -0.1) is 5.10 Å². The van der Waals surface area contributed by atoms with E-state index >= 15 is 0 Å². The lowest BCUT2D eigenvalue weighted by molar-refractivity contribution is 0.0585. The Morgan fingerprint density at radius 2 is 2.00 bits per heavy atom. The highest BCUT2D eigenvalue weighted by molar-refractivity contribution is 5.87. The third-order valence-corrected chi connectivity index (χ3v) is 2.92. The van der Waals surface area contributed by atoms with Gasteiger partial charge in [0.05, 0.1) is 7.11 Å². The molecule has 2 rings (SSSR count). The molecule has 5 heteroatoms. The smallest absolute Gasteiger partial charge is 0.356 e. The topological polar surface area (TPSA) is 53.4 Å². The molecular weight excluding hydrogens is 268 g/mol. The molecule has 0 aliphatic rings. The fourth-order valence-electron chi connectivity index (χ4n) is 1.95. The Kier molecular flexibility index (Phi) is 4.98. The number of hydrogen-bond donors (Lipinski definition) is 0. The van der Waals surface area contributed by atoms with E-state index in [1.807, 2.05) is 30.3 Å². The van der Waals surface area contributed by atoms with E-state index in [9.17, 15) is 4.79 Å². The Morgan fingerprint density at radius 1 is 1.29 bits per heavy atom. The molecule has 2 aromatic rings. The highest BCUT2D eigenvalue weighted by atomic mass is 16.5. The maximum absolute atomic E-state index is 11.8. The molecule has 0 radical (unpaired) electrons. The Balaban J connectivity index is 2.12. The molecule has 0 amide bonds. The van der Waals surface area contributed by atoms with E-state index in [0.717, 1.165) is 5.56 Å². The number of ether oxygens (including phenoxy) is 2. The number of methoxy groups -OCH3 is 1. The number of aromatic nitrogens is 2. The van der Waals surface area contributed by atoms with Gasteiger partial charge in [-0.05, 0) is 11.5 Å². The fourth-order valence-corrected chi connectivity index (χ4v) is 1.95. The van der Waals surface area contributed by atoms with Gasteiger partial charge in [0, 0.05) is 12.6 Å².